The Morgan fingerprint density at radius 1 is 0.964 bits per heavy atom. The molecule has 144 valence electrons. The molecule has 28 heavy (non-hydrogen) atoms. The fourth-order valence-corrected chi connectivity index (χ4v) is 3.93. The average molecular weight is 437 g/mol. The quantitative estimate of drug-likeness (QED) is 0.502. The lowest BCUT2D eigenvalue weighted by Crippen LogP contribution is -2.12. The Morgan fingerprint density at radius 2 is 1.71 bits per heavy atom. The molecule has 0 aliphatic heterocycles. The van der Waals surface area contributed by atoms with E-state index in [2.05, 4.69) is 10.6 Å². The Labute approximate surface area is 175 Å². The molecule has 2 N–H and O–H groups in total. The van der Waals surface area contributed by atoms with E-state index in [1.807, 2.05) is 6.92 Å². The zero-order valence-electron chi connectivity index (χ0n) is 14.9. The third-order valence-corrected chi connectivity index (χ3v) is 5.93. The van der Waals surface area contributed by atoms with Gasteiger partial charge in [0, 0.05) is 10.7 Å². The van der Waals surface area contributed by atoms with Crippen LogP contribution in [0, 0.1) is 19.7 Å². The summed E-state index contributed by atoms with van der Waals surface area (Å²) in [6.45, 7) is 3.59. The van der Waals surface area contributed by atoms with Crippen LogP contribution in [0.2, 0.25) is 10.0 Å². The zero-order valence-corrected chi connectivity index (χ0v) is 17.2. The van der Waals surface area contributed by atoms with E-state index in [1.165, 1.54) is 6.07 Å². The summed E-state index contributed by atoms with van der Waals surface area (Å²) in [5, 5.41) is 6.58. The van der Waals surface area contributed by atoms with Crippen molar-refractivity contribution in [2.24, 2.45) is 0 Å². The molecule has 2 aromatic carbocycles. The van der Waals surface area contributed by atoms with Crippen molar-refractivity contribution in [2.75, 3.05) is 10.6 Å². The summed E-state index contributed by atoms with van der Waals surface area (Å²) in [5.41, 5.74) is 2.25. The van der Waals surface area contributed by atoms with Crippen molar-refractivity contribution in [1.29, 1.82) is 0 Å². The molecule has 3 rings (SSSR count). The second-order valence-electron chi connectivity index (χ2n) is 6.07. The molecular weight excluding hydrogens is 422 g/mol. The van der Waals surface area contributed by atoms with Gasteiger partial charge in [-0.05, 0) is 61.4 Å². The van der Waals surface area contributed by atoms with Gasteiger partial charge in [-0.1, -0.05) is 29.3 Å². The van der Waals surface area contributed by atoms with E-state index in [4.69, 9.17) is 23.2 Å². The van der Waals surface area contributed by atoms with Crippen LogP contribution in [-0.2, 0) is 0 Å². The van der Waals surface area contributed by atoms with Crippen molar-refractivity contribution in [3.05, 3.63) is 79.9 Å². The van der Waals surface area contributed by atoms with E-state index in [0.29, 0.717) is 26.2 Å². The number of thiophene rings is 1. The van der Waals surface area contributed by atoms with Crippen LogP contribution in [0.3, 0.4) is 0 Å². The summed E-state index contributed by atoms with van der Waals surface area (Å²) in [7, 11) is 0. The Kier molecular flexibility index (Phi) is 6.03. The molecular formula is C20H15Cl2FN2O2S. The van der Waals surface area contributed by atoms with Crippen LogP contribution in [0.4, 0.5) is 15.1 Å². The smallest absolute Gasteiger partial charge is 0.266 e. The van der Waals surface area contributed by atoms with Gasteiger partial charge in [-0.15, -0.1) is 11.3 Å². The Balaban J connectivity index is 1.78. The van der Waals surface area contributed by atoms with Crippen LogP contribution in [0.25, 0.3) is 0 Å². The van der Waals surface area contributed by atoms with Crippen LogP contribution < -0.4 is 10.6 Å². The van der Waals surface area contributed by atoms with Crippen molar-refractivity contribution in [2.45, 2.75) is 13.8 Å². The molecule has 0 bridgehead atoms. The standard InChI is InChI=1S/C20H15Cl2FN2O2S/c1-10-8-17(25-19(26)13-7-6-12(23)9-15(13)22)28-18(10)20(27)24-16-5-3-4-14(21)11(16)2/h3-9H,1-2H3,(H,24,27)(H,25,26). The topological polar surface area (TPSA) is 58.2 Å². The maximum atomic E-state index is 13.1. The lowest BCUT2D eigenvalue weighted by molar-refractivity contribution is 0.102. The fourth-order valence-electron chi connectivity index (χ4n) is 2.54. The number of hydrogen-bond acceptors (Lipinski definition) is 3. The van der Waals surface area contributed by atoms with Gasteiger partial charge in [0.15, 0.2) is 0 Å². The van der Waals surface area contributed by atoms with Crippen LogP contribution in [0.1, 0.15) is 31.2 Å². The molecule has 0 fully saturated rings. The number of aryl methyl sites for hydroxylation is 1. The SMILES string of the molecule is Cc1cc(NC(=O)c2ccc(F)cc2Cl)sc1C(=O)Nc1cccc(Cl)c1C. The van der Waals surface area contributed by atoms with Gasteiger partial charge in [-0.3, -0.25) is 9.59 Å². The lowest BCUT2D eigenvalue weighted by Gasteiger charge is -2.09. The molecule has 8 heteroatoms. The summed E-state index contributed by atoms with van der Waals surface area (Å²) < 4.78 is 13.1. The van der Waals surface area contributed by atoms with E-state index in [1.54, 1.807) is 31.2 Å². The molecule has 4 nitrogen and oxygen atoms in total. The molecule has 3 aromatic rings. The number of carbonyl (C=O) groups is 2. The maximum absolute atomic E-state index is 13.1. The van der Waals surface area contributed by atoms with Crippen molar-refractivity contribution in [3.63, 3.8) is 0 Å². The number of anilines is 2. The molecule has 1 heterocycles. The number of rotatable bonds is 4. The third kappa shape index (κ3) is 4.35. The predicted octanol–water partition coefficient (Wildman–Crippen LogP) is 6.32. The molecule has 0 radical (unpaired) electrons. The summed E-state index contributed by atoms with van der Waals surface area (Å²) in [6, 6.07) is 10.5. The van der Waals surface area contributed by atoms with Gasteiger partial charge in [0.2, 0.25) is 0 Å². The fraction of sp³-hybridized carbons (Fsp3) is 0.100. The van der Waals surface area contributed by atoms with Crippen molar-refractivity contribution in [1.82, 2.24) is 0 Å². The van der Waals surface area contributed by atoms with E-state index < -0.39 is 11.7 Å². The second-order valence-corrected chi connectivity index (χ2v) is 7.93. The molecule has 2 amide bonds. The minimum absolute atomic E-state index is 0.0141. The van der Waals surface area contributed by atoms with Crippen LogP contribution in [0.15, 0.2) is 42.5 Å². The summed E-state index contributed by atoms with van der Waals surface area (Å²) in [4.78, 5) is 25.5. The highest BCUT2D eigenvalue weighted by molar-refractivity contribution is 7.18. The number of nitrogens with one attached hydrogen (secondary N) is 2. The van der Waals surface area contributed by atoms with Gasteiger partial charge < -0.3 is 10.6 Å². The molecule has 1 aromatic heterocycles. The van der Waals surface area contributed by atoms with Gasteiger partial charge >= 0.3 is 0 Å². The first-order chi connectivity index (χ1) is 13.3. The van der Waals surface area contributed by atoms with E-state index in [0.717, 1.165) is 29.0 Å². The number of hydrogen-bond donors (Lipinski definition) is 2. The first-order valence-electron chi connectivity index (χ1n) is 8.19. The normalized spacial score (nSPS) is 10.6. The number of halogens is 3. The van der Waals surface area contributed by atoms with Gasteiger partial charge in [0.05, 0.1) is 20.5 Å². The number of benzene rings is 2. The molecule has 0 spiro atoms. The lowest BCUT2D eigenvalue weighted by atomic mass is 10.2. The minimum atomic E-state index is -0.524. The van der Waals surface area contributed by atoms with Gasteiger partial charge in [-0.2, -0.15) is 0 Å². The van der Waals surface area contributed by atoms with Crippen LogP contribution >= 0.6 is 34.5 Å². The first-order valence-corrected chi connectivity index (χ1v) is 9.77. The van der Waals surface area contributed by atoms with E-state index >= 15 is 0 Å². The van der Waals surface area contributed by atoms with Crippen molar-refractivity contribution < 1.29 is 14.0 Å². The average Bonchev–Trinajstić information content (AvgIpc) is 2.99. The van der Waals surface area contributed by atoms with Crippen LogP contribution in [-0.4, -0.2) is 11.8 Å². The highest BCUT2D eigenvalue weighted by atomic mass is 35.5. The third-order valence-electron chi connectivity index (χ3n) is 4.05. The van der Waals surface area contributed by atoms with Crippen LogP contribution in [0.5, 0.6) is 0 Å². The molecule has 0 saturated heterocycles. The largest absolute Gasteiger partial charge is 0.321 e. The summed E-state index contributed by atoms with van der Waals surface area (Å²) in [6.07, 6.45) is 0. The Morgan fingerprint density at radius 3 is 2.43 bits per heavy atom. The van der Waals surface area contributed by atoms with Crippen molar-refractivity contribution >= 4 is 57.0 Å². The predicted molar refractivity (Wildman–Crippen MR) is 113 cm³/mol. The number of amides is 2. The van der Waals surface area contributed by atoms with Gasteiger partial charge in [-0.25, -0.2) is 4.39 Å². The highest BCUT2D eigenvalue weighted by Gasteiger charge is 2.18. The summed E-state index contributed by atoms with van der Waals surface area (Å²) >= 11 is 13.1. The zero-order chi connectivity index (χ0) is 20.4. The van der Waals surface area contributed by atoms with E-state index in [9.17, 15) is 14.0 Å². The maximum Gasteiger partial charge on any atom is 0.266 e. The minimum Gasteiger partial charge on any atom is -0.321 e. The Bertz CT molecular complexity index is 1080. The Hall–Kier alpha value is -2.41. The monoisotopic (exact) mass is 436 g/mol. The molecule has 0 aliphatic rings. The summed E-state index contributed by atoms with van der Waals surface area (Å²) in [5.74, 6) is -1.30. The van der Waals surface area contributed by atoms with E-state index in [-0.39, 0.29) is 16.5 Å². The first kappa shape index (κ1) is 20.3. The van der Waals surface area contributed by atoms with Gasteiger partial charge in [0.25, 0.3) is 11.8 Å². The van der Waals surface area contributed by atoms with Crippen molar-refractivity contribution in [3.8, 4) is 0 Å². The second kappa shape index (κ2) is 8.31. The molecule has 0 aliphatic carbocycles. The van der Waals surface area contributed by atoms with Gasteiger partial charge in [0.1, 0.15) is 5.82 Å². The molecule has 0 atom stereocenters. The number of carbonyl (C=O) groups excluding carboxylic acids is 2. The molecule has 0 saturated carbocycles. The molecule has 0 unspecified atom stereocenters. The highest BCUT2D eigenvalue weighted by Crippen LogP contribution is 2.30.